The highest BCUT2D eigenvalue weighted by atomic mass is 19.1. The Balaban J connectivity index is 1.47. The van der Waals surface area contributed by atoms with E-state index in [0.717, 1.165) is 29.9 Å². The molecule has 0 aliphatic carbocycles. The zero-order valence-electron chi connectivity index (χ0n) is 16.9. The molecule has 0 spiro atoms. The van der Waals surface area contributed by atoms with Gasteiger partial charge in [0.2, 0.25) is 0 Å². The van der Waals surface area contributed by atoms with Crippen molar-refractivity contribution in [1.82, 2.24) is 10.6 Å². The largest absolute Gasteiger partial charge is 0.492 e. The van der Waals surface area contributed by atoms with Gasteiger partial charge < -0.3 is 24.8 Å². The Labute approximate surface area is 171 Å². The minimum atomic E-state index is -0.312. The highest BCUT2D eigenvalue weighted by Gasteiger charge is 2.18. The third kappa shape index (κ3) is 6.64. The van der Waals surface area contributed by atoms with Crippen molar-refractivity contribution in [3.63, 3.8) is 0 Å². The third-order valence-corrected chi connectivity index (χ3v) is 4.53. The molecule has 1 atom stereocenters. The van der Waals surface area contributed by atoms with Gasteiger partial charge in [-0.1, -0.05) is 18.2 Å². The van der Waals surface area contributed by atoms with Crippen LogP contribution in [-0.4, -0.2) is 45.5 Å². The van der Waals surface area contributed by atoms with Gasteiger partial charge in [0, 0.05) is 31.6 Å². The van der Waals surface area contributed by atoms with Gasteiger partial charge >= 0.3 is 0 Å². The van der Waals surface area contributed by atoms with Crippen LogP contribution in [0, 0.1) is 12.7 Å². The maximum Gasteiger partial charge on any atom is 0.191 e. The summed E-state index contributed by atoms with van der Waals surface area (Å²) in [5.74, 6) is 1.72. The van der Waals surface area contributed by atoms with Gasteiger partial charge in [-0.3, -0.25) is 4.99 Å². The molecule has 2 aromatic carbocycles. The van der Waals surface area contributed by atoms with Crippen molar-refractivity contribution in [2.24, 2.45) is 4.99 Å². The maximum absolute atomic E-state index is 13.2. The summed E-state index contributed by atoms with van der Waals surface area (Å²) in [6.45, 7) is 4.94. The van der Waals surface area contributed by atoms with Crippen LogP contribution in [0.2, 0.25) is 0 Å². The Bertz CT molecular complexity index is 823. The van der Waals surface area contributed by atoms with E-state index in [9.17, 15) is 4.39 Å². The van der Waals surface area contributed by atoms with Gasteiger partial charge in [-0.05, 0) is 30.7 Å². The van der Waals surface area contributed by atoms with Crippen molar-refractivity contribution in [3.8, 4) is 11.5 Å². The summed E-state index contributed by atoms with van der Waals surface area (Å²) in [6, 6.07) is 12.3. The molecular weight excluding hydrogens is 373 g/mol. The molecule has 1 heterocycles. The quantitative estimate of drug-likeness (QED) is 0.404. The number of rotatable bonds is 8. The van der Waals surface area contributed by atoms with Crippen molar-refractivity contribution in [2.75, 3.05) is 33.4 Å². The van der Waals surface area contributed by atoms with Crippen LogP contribution in [0.3, 0.4) is 0 Å². The molecular formula is C22H28FN3O3. The molecule has 6 nitrogen and oxygen atoms in total. The first-order valence-corrected chi connectivity index (χ1v) is 9.81. The third-order valence-electron chi connectivity index (χ3n) is 4.53. The lowest BCUT2D eigenvalue weighted by molar-refractivity contribution is 0.140. The molecule has 29 heavy (non-hydrogen) atoms. The molecule has 7 heteroatoms. The summed E-state index contributed by atoms with van der Waals surface area (Å²) in [4.78, 5) is 4.23. The summed E-state index contributed by atoms with van der Waals surface area (Å²) in [5, 5.41) is 6.48. The fourth-order valence-corrected chi connectivity index (χ4v) is 3.00. The molecule has 3 rings (SSSR count). The summed E-state index contributed by atoms with van der Waals surface area (Å²) >= 11 is 0. The Kier molecular flexibility index (Phi) is 7.69. The zero-order valence-corrected chi connectivity index (χ0v) is 16.9. The van der Waals surface area contributed by atoms with Gasteiger partial charge in [0.15, 0.2) is 5.96 Å². The van der Waals surface area contributed by atoms with E-state index in [1.165, 1.54) is 12.1 Å². The number of benzene rings is 2. The fraction of sp³-hybridized carbons (Fsp3) is 0.409. The molecule has 1 aliphatic rings. The van der Waals surface area contributed by atoms with E-state index in [1.807, 2.05) is 6.92 Å². The van der Waals surface area contributed by atoms with Crippen LogP contribution in [0.15, 0.2) is 47.5 Å². The molecule has 0 radical (unpaired) electrons. The van der Waals surface area contributed by atoms with E-state index in [2.05, 4.69) is 33.8 Å². The van der Waals surface area contributed by atoms with Crippen LogP contribution in [0.5, 0.6) is 11.5 Å². The Morgan fingerprint density at radius 3 is 2.90 bits per heavy atom. The Morgan fingerprint density at radius 2 is 2.14 bits per heavy atom. The minimum absolute atomic E-state index is 0.105. The SMILES string of the molecule is CN=C(NCCOc1cccc(F)c1)NCc1ccc(C)cc1OC1CCOC1. The smallest absolute Gasteiger partial charge is 0.191 e. The van der Waals surface area contributed by atoms with Gasteiger partial charge in [0.25, 0.3) is 0 Å². The van der Waals surface area contributed by atoms with Gasteiger partial charge in [0.05, 0.1) is 19.8 Å². The first-order valence-electron chi connectivity index (χ1n) is 9.81. The summed E-state index contributed by atoms with van der Waals surface area (Å²) in [6.07, 6.45) is 1.02. The Morgan fingerprint density at radius 1 is 1.24 bits per heavy atom. The van der Waals surface area contributed by atoms with Crippen LogP contribution >= 0.6 is 0 Å². The number of nitrogens with zero attached hydrogens (tertiary/aromatic N) is 1. The van der Waals surface area contributed by atoms with E-state index in [-0.39, 0.29) is 11.9 Å². The number of ether oxygens (including phenoxy) is 3. The molecule has 2 N–H and O–H groups in total. The van der Waals surface area contributed by atoms with Crippen LogP contribution < -0.4 is 20.1 Å². The maximum atomic E-state index is 13.2. The summed E-state index contributed by atoms with van der Waals surface area (Å²) in [7, 11) is 1.71. The predicted molar refractivity (Wildman–Crippen MR) is 111 cm³/mol. The van der Waals surface area contributed by atoms with Crippen molar-refractivity contribution in [1.29, 1.82) is 0 Å². The van der Waals surface area contributed by atoms with E-state index in [4.69, 9.17) is 14.2 Å². The average molecular weight is 401 g/mol. The number of halogens is 1. The predicted octanol–water partition coefficient (Wildman–Crippen LogP) is 3.05. The normalized spacial score (nSPS) is 16.5. The number of aliphatic imine (C=N–C) groups is 1. The molecule has 0 saturated carbocycles. The second-order valence-corrected chi connectivity index (χ2v) is 6.87. The number of hydrogen-bond donors (Lipinski definition) is 2. The molecule has 0 bridgehead atoms. The molecule has 1 saturated heterocycles. The first-order chi connectivity index (χ1) is 14.1. The second kappa shape index (κ2) is 10.7. The first kappa shape index (κ1) is 20.9. The minimum Gasteiger partial charge on any atom is -0.492 e. The molecule has 1 aliphatic heterocycles. The lowest BCUT2D eigenvalue weighted by atomic mass is 10.1. The van der Waals surface area contributed by atoms with Crippen LogP contribution in [0.25, 0.3) is 0 Å². The highest BCUT2D eigenvalue weighted by Crippen LogP contribution is 2.23. The van der Waals surface area contributed by atoms with E-state index in [0.29, 0.717) is 38.0 Å². The van der Waals surface area contributed by atoms with E-state index in [1.54, 1.807) is 19.2 Å². The van der Waals surface area contributed by atoms with Crippen molar-refractivity contribution < 1.29 is 18.6 Å². The van der Waals surface area contributed by atoms with Crippen molar-refractivity contribution in [3.05, 3.63) is 59.4 Å². The van der Waals surface area contributed by atoms with Crippen LogP contribution in [0.4, 0.5) is 4.39 Å². The van der Waals surface area contributed by atoms with Gasteiger partial charge in [-0.25, -0.2) is 4.39 Å². The zero-order chi connectivity index (χ0) is 20.5. The van der Waals surface area contributed by atoms with Gasteiger partial charge in [-0.2, -0.15) is 0 Å². The molecule has 156 valence electrons. The van der Waals surface area contributed by atoms with E-state index >= 15 is 0 Å². The van der Waals surface area contributed by atoms with Crippen molar-refractivity contribution in [2.45, 2.75) is 26.0 Å². The van der Waals surface area contributed by atoms with Crippen LogP contribution in [-0.2, 0) is 11.3 Å². The topological polar surface area (TPSA) is 64.1 Å². The van der Waals surface area contributed by atoms with Gasteiger partial charge in [0.1, 0.15) is 30.0 Å². The monoisotopic (exact) mass is 401 g/mol. The fourth-order valence-electron chi connectivity index (χ4n) is 3.00. The molecule has 2 aromatic rings. The molecule has 0 aromatic heterocycles. The standard InChI is InChI=1S/C22H28FN3O3/c1-16-6-7-17(21(12-16)29-20-8-10-27-15-20)14-26-22(24-2)25-9-11-28-19-5-3-4-18(23)13-19/h3-7,12-13,20H,8-11,14-15H2,1-2H3,(H2,24,25,26). The number of hydrogen-bond acceptors (Lipinski definition) is 4. The van der Waals surface area contributed by atoms with Gasteiger partial charge in [-0.15, -0.1) is 0 Å². The Hall–Kier alpha value is -2.80. The number of nitrogens with one attached hydrogen (secondary N) is 2. The molecule has 1 fully saturated rings. The molecule has 0 amide bonds. The number of guanidine groups is 1. The lowest BCUT2D eigenvalue weighted by Gasteiger charge is -2.18. The lowest BCUT2D eigenvalue weighted by Crippen LogP contribution is -2.39. The van der Waals surface area contributed by atoms with E-state index < -0.39 is 0 Å². The summed E-state index contributed by atoms with van der Waals surface area (Å²) < 4.78 is 30.2. The highest BCUT2D eigenvalue weighted by molar-refractivity contribution is 5.79. The van der Waals surface area contributed by atoms with Crippen molar-refractivity contribution >= 4 is 5.96 Å². The van der Waals surface area contributed by atoms with Crippen LogP contribution in [0.1, 0.15) is 17.5 Å². The summed E-state index contributed by atoms with van der Waals surface area (Å²) in [5.41, 5.74) is 2.21. The second-order valence-electron chi connectivity index (χ2n) is 6.87. The molecule has 1 unspecified atom stereocenters. The number of aryl methyl sites for hydroxylation is 1. The average Bonchev–Trinajstić information content (AvgIpc) is 3.22.